The van der Waals surface area contributed by atoms with Crippen molar-refractivity contribution in [2.75, 3.05) is 34.2 Å². The lowest BCUT2D eigenvalue weighted by Gasteiger charge is -2.21. The second-order valence-electron chi connectivity index (χ2n) is 7.32. The molecule has 0 unspecified atom stereocenters. The summed E-state index contributed by atoms with van der Waals surface area (Å²) in [4.78, 5) is 4.65. The molecule has 0 amide bonds. The van der Waals surface area contributed by atoms with Crippen molar-refractivity contribution in [3.63, 3.8) is 0 Å². The summed E-state index contributed by atoms with van der Waals surface area (Å²) in [6.45, 7) is 10.9. The van der Waals surface area contributed by atoms with E-state index in [1.54, 1.807) is 0 Å². The number of hydrogen-bond donors (Lipinski definition) is 1. The van der Waals surface area contributed by atoms with Gasteiger partial charge in [-0.15, -0.1) is 0 Å². The third kappa shape index (κ3) is 8.86. The fourth-order valence-corrected chi connectivity index (χ4v) is 2.25. The molecule has 120 valence electrons. The molecule has 1 rings (SSSR count). The minimum Gasteiger partial charge on any atom is -0.309 e. The normalized spacial score (nSPS) is 12.4. The first kappa shape index (κ1) is 18.1. The smallest absolute Gasteiger partial charge is 0.0230 e. The molecule has 1 N–H and O–H groups in total. The molecule has 0 aliphatic carbocycles. The van der Waals surface area contributed by atoms with Gasteiger partial charge in [-0.05, 0) is 72.6 Å². The molecule has 1 aromatic carbocycles. The van der Waals surface area contributed by atoms with Crippen molar-refractivity contribution in [2.24, 2.45) is 0 Å². The number of nitrogens with zero attached hydrogens (tertiary/aromatic N) is 2. The van der Waals surface area contributed by atoms with E-state index in [0.29, 0.717) is 0 Å². The molecule has 1 aromatic rings. The van der Waals surface area contributed by atoms with Gasteiger partial charge in [0.05, 0.1) is 0 Å². The number of nitrogens with one attached hydrogen (secondary N) is 1. The summed E-state index contributed by atoms with van der Waals surface area (Å²) in [6.07, 6.45) is 1.22. The highest BCUT2D eigenvalue weighted by molar-refractivity contribution is 5.23. The van der Waals surface area contributed by atoms with Crippen molar-refractivity contribution in [3.8, 4) is 0 Å². The van der Waals surface area contributed by atoms with Crippen LogP contribution in [0.3, 0.4) is 0 Å². The zero-order valence-electron chi connectivity index (χ0n) is 14.7. The molecule has 0 fully saturated rings. The summed E-state index contributed by atoms with van der Waals surface area (Å²) < 4.78 is 0. The van der Waals surface area contributed by atoms with Crippen LogP contribution in [0.1, 0.15) is 38.3 Å². The van der Waals surface area contributed by atoms with E-state index in [9.17, 15) is 0 Å². The Balaban J connectivity index is 2.44. The van der Waals surface area contributed by atoms with E-state index in [4.69, 9.17) is 0 Å². The minimum atomic E-state index is 0.166. The summed E-state index contributed by atoms with van der Waals surface area (Å²) in [6, 6.07) is 8.92. The molecule has 0 heterocycles. The summed E-state index contributed by atoms with van der Waals surface area (Å²) in [7, 11) is 6.47. The molecule has 3 nitrogen and oxygen atoms in total. The molecule has 0 spiro atoms. The molecule has 0 saturated heterocycles. The van der Waals surface area contributed by atoms with Gasteiger partial charge >= 0.3 is 0 Å². The van der Waals surface area contributed by atoms with Crippen LogP contribution in [0.4, 0.5) is 0 Å². The quantitative estimate of drug-likeness (QED) is 0.794. The summed E-state index contributed by atoms with van der Waals surface area (Å²) >= 11 is 0. The van der Waals surface area contributed by atoms with Crippen LogP contribution in [0.25, 0.3) is 0 Å². The standard InChI is InChI=1S/C18H33N3/c1-18(2,3)19-14-16-9-7-10-17(13-16)15-21(6)12-8-11-20(4)5/h7,9-10,13,19H,8,11-12,14-15H2,1-6H3. The minimum absolute atomic E-state index is 0.166. The first-order valence-corrected chi connectivity index (χ1v) is 7.92. The van der Waals surface area contributed by atoms with Crippen molar-refractivity contribution < 1.29 is 0 Å². The molecular formula is C18H33N3. The first-order valence-electron chi connectivity index (χ1n) is 7.92. The van der Waals surface area contributed by atoms with Crippen molar-refractivity contribution in [1.29, 1.82) is 0 Å². The molecule has 0 aromatic heterocycles. The van der Waals surface area contributed by atoms with Crippen LogP contribution in [-0.2, 0) is 13.1 Å². The van der Waals surface area contributed by atoms with Gasteiger partial charge in [0, 0.05) is 18.6 Å². The van der Waals surface area contributed by atoms with E-state index in [2.05, 4.69) is 81.3 Å². The maximum absolute atomic E-state index is 3.55. The number of rotatable bonds is 8. The molecule has 0 saturated carbocycles. The average molecular weight is 291 g/mol. The van der Waals surface area contributed by atoms with Gasteiger partial charge in [-0.25, -0.2) is 0 Å². The Hall–Kier alpha value is -0.900. The highest BCUT2D eigenvalue weighted by Crippen LogP contribution is 2.10. The monoisotopic (exact) mass is 291 g/mol. The van der Waals surface area contributed by atoms with E-state index in [0.717, 1.165) is 26.2 Å². The Morgan fingerprint density at radius 1 is 1.00 bits per heavy atom. The van der Waals surface area contributed by atoms with E-state index in [1.807, 2.05) is 0 Å². The molecule has 3 heteroatoms. The van der Waals surface area contributed by atoms with Crippen LogP contribution < -0.4 is 5.32 Å². The van der Waals surface area contributed by atoms with Gasteiger partial charge in [-0.1, -0.05) is 24.3 Å². The first-order chi connectivity index (χ1) is 9.76. The molecule has 0 aliphatic rings. The fourth-order valence-electron chi connectivity index (χ4n) is 2.25. The highest BCUT2D eigenvalue weighted by Gasteiger charge is 2.08. The average Bonchev–Trinajstić information content (AvgIpc) is 2.35. The van der Waals surface area contributed by atoms with Crippen molar-refractivity contribution >= 4 is 0 Å². The van der Waals surface area contributed by atoms with Crippen molar-refractivity contribution in [1.82, 2.24) is 15.1 Å². The SMILES string of the molecule is CN(C)CCCN(C)Cc1cccc(CNC(C)(C)C)c1. The Morgan fingerprint density at radius 2 is 1.67 bits per heavy atom. The molecular weight excluding hydrogens is 258 g/mol. The Labute approximate surface area is 131 Å². The van der Waals surface area contributed by atoms with Gasteiger partial charge < -0.3 is 15.1 Å². The van der Waals surface area contributed by atoms with Gasteiger partial charge in [0.2, 0.25) is 0 Å². The van der Waals surface area contributed by atoms with Crippen LogP contribution in [0, 0.1) is 0 Å². The van der Waals surface area contributed by atoms with E-state index in [1.165, 1.54) is 17.5 Å². The maximum atomic E-state index is 3.55. The summed E-state index contributed by atoms with van der Waals surface area (Å²) in [5.74, 6) is 0. The summed E-state index contributed by atoms with van der Waals surface area (Å²) in [5.41, 5.74) is 2.93. The zero-order chi connectivity index (χ0) is 15.9. The molecule has 0 bridgehead atoms. The van der Waals surface area contributed by atoms with Gasteiger partial charge in [-0.2, -0.15) is 0 Å². The van der Waals surface area contributed by atoms with Gasteiger partial charge in [0.15, 0.2) is 0 Å². The lowest BCUT2D eigenvalue weighted by atomic mass is 10.1. The summed E-state index contributed by atoms with van der Waals surface area (Å²) in [5, 5.41) is 3.55. The Kier molecular flexibility index (Phi) is 7.36. The molecule has 0 aliphatic heterocycles. The number of benzene rings is 1. The van der Waals surface area contributed by atoms with Crippen LogP contribution in [0.5, 0.6) is 0 Å². The third-order valence-electron chi connectivity index (χ3n) is 3.41. The number of hydrogen-bond acceptors (Lipinski definition) is 3. The van der Waals surface area contributed by atoms with Crippen molar-refractivity contribution in [2.45, 2.75) is 45.8 Å². The fraction of sp³-hybridized carbons (Fsp3) is 0.667. The van der Waals surface area contributed by atoms with Crippen LogP contribution in [0.2, 0.25) is 0 Å². The topological polar surface area (TPSA) is 18.5 Å². The lowest BCUT2D eigenvalue weighted by molar-refractivity contribution is 0.294. The molecule has 0 radical (unpaired) electrons. The maximum Gasteiger partial charge on any atom is 0.0230 e. The Bertz CT molecular complexity index is 407. The van der Waals surface area contributed by atoms with Gasteiger partial charge in [0.1, 0.15) is 0 Å². The van der Waals surface area contributed by atoms with Crippen molar-refractivity contribution in [3.05, 3.63) is 35.4 Å². The predicted molar refractivity (Wildman–Crippen MR) is 92.5 cm³/mol. The van der Waals surface area contributed by atoms with Gasteiger partial charge in [0.25, 0.3) is 0 Å². The zero-order valence-corrected chi connectivity index (χ0v) is 14.7. The Morgan fingerprint density at radius 3 is 2.29 bits per heavy atom. The van der Waals surface area contributed by atoms with Gasteiger partial charge in [-0.3, -0.25) is 0 Å². The second-order valence-corrected chi connectivity index (χ2v) is 7.32. The van der Waals surface area contributed by atoms with E-state index >= 15 is 0 Å². The van der Waals surface area contributed by atoms with Crippen LogP contribution in [0.15, 0.2) is 24.3 Å². The molecule has 21 heavy (non-hydrogen) atoms. The lowest BCUT2D eigenvalue weighted by Crippen LogP contribution is -2.35. The largest absolute Gasteiger partial charge is 0.309 e. The van der Waals surface area contributed by atoms with Crippen LogP contribution >= 0.6 is 0 Å². The predicted octanol–water partition coefficient (Wildman–Crippen LogP) is 2.96. The third-order valence-corrected chi connectivity index (χ3v) is 3.41. The van der Waals surface area contributed by atoms with E-state index in [-0.39, 0.29) is 5.54 Å². The highest BCUT2D eigenvalue weighted by atomic mass is 15.1. The molecule has 0 atom stereocenters. The second kappa shape index (κ2) is 8.52. The van der Waals surface area contributed by atoms with Crippen LogP contribution in [-0.4, -0.2) is 49.6 Å². The van der Waals surface area contributed by atoms with E-state index < -0.39 is 0 Å².